The summed E-state index contributed by atoms with van der Waals surface area (Å²) >= 11 is 6.22. The lowest BCUT2D eigenvalue weighted by atomic mass is 10.2. The second kappa shape index (κ2) is 7.28. The lowest BCUT2D eigenvalue weighted by Crippen LogP contribution is -2.14. The monoisotopic (exact) mass is 361 g/mol. The van der Waals surface area contributed by atoms with Crippen molar-refractivity contribution >= 4 is 29.2 Å². The van der Waals surface area contributed by atoms with Crippen LogP contribution in [0.5, 0.6) is 0 Å². The van der Waals surface area contributed by atoms with E-state index in [1.54, 1.807) is 13.8 Å². The summed E-state index contributed by atoms with van der Waals surface area (Å²) in [5.74, 6) is -1.27. The molecule has 130 valence electrons. The highest BCUT2D eigenvalue weighted by atomic mass is 35.5. The first-order valence-electron chi connectivity index (χ1n) is 7.30. The van der Waals surface area contributed by atoms with Gasteiger partial charge in [0, 0.05) is 6.20 Å². The zero-order valence-electron chi connectivity index (χ0n) is 13.9. The summed E-state index contributed by atoms with van der Waals surface area (Å²) in [4.78, 5) is 24.2. The summed E-state index contributed by atoms with van der Waals surface area (Å²) in [6.07, 6.45) is 1.07. The molecule has 2 N–H and O–H groups in total. The number of esters is 2. The van der Waals surface area contributed by atoms with E-state index in [4.69, 9.17) is 32.1 Å². The fourth-order valence-electron chi connectivity index (χ4n) is 2.21. The number of anilines is 1. The van der Waals surface area contributed by atoms with Gasteiger partial charge in [0.05, 0.1) is 40.7 Å². The first kappa shape index (κ1) is 18.4. The summed E-state index contributed by atoms with van der Waals surface area (Å²) in [5, 5.41) is 9.42. The molecule has 0 unspecified atom stereocenters. The number of hydrogen-bond acceptors (Lipinski definition) is 6. The van der Waals surface area contributed by atoms with E-state index < -0.39 is 11.9 Å². The van der Waals surface area contributed by atoms with Gasteiger partial charge >= 0.3 is 11.9 Å². The van der Waals surface area contributed by atoms with Gasteiger partial charge in [0.15, 0.2) is 5.69 Å². The van der Waals surface area contributed by atoms with Gasteiger partial charge in [-0.3, -0.25) is 0 Å². The first-order valence-corrected chi connectivity index (χ1v) is 7.68. The van der Waals surface area contributed by atoms with Gasteiger partial charge in [-0.05, 0) is 32.0 Å². The van der Waals surface area contributed by atoms with E-state index in [1.807, 2.05) is 6.07 Å². The standard InChI is InChI=1S/C17H16ClN3O4/c1-9(2)25-16(22)10-4-5-12(18)13(6-10)21-8-11(7-19)14(20)15(21)17(23)24-3/h4-6,8-9H,20H2,1-3H3. The molecule has 2 rings (SSSR count). The van der Waals surface area contributed by atoms with Gasteiger partial charge in [-0.2, -0.15) is 5.26 Å². The van der Waals surface area contributed by atoms with Crippen LogP contribution in [0.4, 0.5) is 5.69 Å². The third-order valence-electron chi connectivity index (χ3n) is 3.33. The van der Waals surface area contributed by atoms with E-state index in [1.165, 1.54) is 36.1 Å². The highest BCUT2D eigenvalue weighted by molar-refractivity contribution is 6.32. The minimum absolute atomic E-state index is 0.0272. The Morgan fingerprint density at radius 1 is 1.32 bits per heavy atom. The number of nitriles is 1. The molecule has 8 heteroatoms. The number of nitrogens with zero attached hydrogens (tertiary/aromatic N) is 2. The molecule has 1 aromatic heterocycles. The Bertz CT molecular complexity index is 881. The van der Waals surface area contributed by atoms with E-state index in [-0.39, 0.29) is 33.6 Å². The van der Waals surface area contributed by atoms with Crippen molar-refractivity contribution in [3.63, 3.8) is 0 Å². The second-order valence-electron chi connectivity index (χ2n) is 5.40. The zero-order valence-corrected chi connectivity index (χ0v) is 14.6. The number of benzene rings is 1. The largest absolute Gasteiger partial charge is 0.464 e. The SMILES string of the molecule is COC(=O)c1c(N)c(C#N)cn1-c1cc(C(=O)OC(C)C)ccc1Cl. The van der Waals surface area contributed by atoms with Gasteiger partial charge < -0.3 is 19.8 Å². The maximum atomic E-state index is 12.1. The summed E-state index contributed by atoms with van der Waals surface area (Å²) in [5.41, 5.74) is 6.42. The molecule has 0 fully saturated rings. The Hall–Kier alpha value is -2.98. The average Bonchev–Trinajstić information content (AvgIpc) is 2.90. The molecule has 0 aliphatic heterocycles. The molecule has 0 aliphatic carbocycles. The van der Waals surface area contributed by atoms with Crippen LogP contribution in [-0.2, 0) is 9.47 Å². The first-order chi connectivity index (χ1) is 11.8. The van der Waals surface area contributed by atoms with Crippen molar-refractivity contribution in [1.82, 2.24) is 4.57 Å². The smallest absolute Gasteiger partial charge is 0.357 e. The fourth-order valence-corrected chi connectivity index (χ4v) is 2.42. The molecule has 0 bridgehead atoms. The number of hydrogen-bond donors (Lipinski definition) is 1. The molecule has 0 aliphatic rings. The van der Waals surface area contributed by atoms with Crippen LogP contribution < -0.4 is 5.73 Å². The highest BCUT2D eigenvalue weighted by Gasteiger charge is 2.23. The molecule has 1 aromatic carbocycles. The van der Waals surface area contributed by atoms with Crippen LogP contribution in [0.3, 0.4) is 0 Å². The summed E-state index contributed by atoms with van der Waals surface area (Å²) < 4.78 is 11.2. The van der Waals surface area contributed by atoms with Crippen molar-refractivity contribution < 1.29 is 19.1 Å². The predicted octanol–water partition coefficient (Wildman–Crippen LogP) is 2.94. The Morgan fingerprint density at radius 2 is 2.00 bits per heavy atom. The van der Waals surface area contributed by atoms with Crippen molar-refractivity contribution in [2.45, 2.75) is 20.0 Å². The minimum atomic E-state index is -0.731. The number of nitrogen functional groups attached to an aromatic ring is 1. The molecule has 0 saturated carbocycles. The molecule has 0 radical (unpaired) electrons. The number of rotatable bonds is 4. The van der Waals surface area contributed by atoms with Crippen LogP contribution in [0.1, 0.15) is 40.3 Å². The summed E-state index contributed by atoms with van der Waals surface area (Å²) in [7, 11) is 1.20. The van der Waals surface area contributed by atoms with Crippen LogP contribution in [0.2, 0.25) is 5.02 Å². The maximum Gasteiger partial charge on any atom is 0.357 e. The molecule has 2 aromatic rings. The zero-order chi connectivity index (χ0) is 18.7. The van der Waals surface area contributed by atoms with Crippen LogP contribution in [0, 0.1) is 11.3 Å². The number of carbonyl (C=O) groups is 2. The number of halogens is 1. The lowest BCUT2D eigenvalue weighted by molar-refractivity contribution is 0.0377. The van der Waals surface area contributed by atoms with E-state index in [0.29, 0.717) is 5.69 Å². The fraction of sp³-hybridized carbons (Fsp3) is 0.235. The Balaban J connectivity index is 2.64. The Kier molecular flexibility index (Phi) is 5.35. The Labute approximate surface area is 149 Å². The minimum Gasteiger partial charge on any atom is -0.464 e. The van der Waals surface area contributed by atoms with Crippen LogP contribution in [-0.4, -0.2) is 29.7 Å². The van der Waals surface area contributed by atoms with Gasteiger partial charge in [0.2, 0.25) is 0 Å². The molecule has 7 nitrogen and oxygen atoms in total. The van der Waals surface area contributed by atoms with E-state index in [9.17, 15) is 9.59 Å². The molecule has 1 heterocycles. The van der Waals surface area contributed by atoms with Gasteiger partial charge in [-0.1, -0.05) is 11.6 Å². The molecule has 0 saturated heterocycles. The topological polar surface area (TPSA) is 107 Å². The quantitative estimate of drug-likeness (QED) is 0.839. The van der Waals surface area contributed by atoms with Crippen molar-refractivity contribution in [3.05, 3.63) is 46.2 Å². The van der Waals surface area contributed by atoms with Crippen molar-refractivity contribution in [1.29, 1.82) is 5.26 Å². The number of aromatic nitrogens is 1. The molecule has 0 spiro atoms. The second-order valence-corrected chi connectivity index (χ2v) is 5.81. The summed E-state index contributed by atoms with van der Waals surface area (Å²) in [6, 6.07) is 6.36. The molecule has 0 amide bonds. The third kappa shape index (κ3) is 3.59. The van der Waals surface area contributed by atoms with Gasteiger partial charge in [-0.25, -0.2) is 9.59 Å². The maximum absolute atomic E-state index is 12.1. The number of ether oxygens (including phenoxy) is 2. The molecular weight excluding hydrogens is 346 g/mol. The van der Waals surface area contributed by atoms with Crippen molar-refractivity contribution in [3.8, 4) is 11.8 Å². The van der Waals surface area contributed by atoms with Crippen molar-refractivity contribution in [2.24, 2.45) is 0 Å². The molecule has 25 heavy (non-hydrogen) atoms. The Morgan fingerprint density at radius 3 is 2.56 bits per heavy atom. The third-order valence-corrected chi connectivity index (χ3v) is 3.65. The normalized spacial score (nSPS) is 10.4. The highest BCUT2D eigenvalue weighted by Crippen LogP contribution is 2.29. The van der Waals surface area contributed by atoms with Crippen LogP contribution >= 0.6 is 11.6 Å². The van der Waals surface area contributed by atoms with Gasteiger partial charge in [-0.15, -0.1) is 0 Å². The van der Waals surface area contributed by atoms with Crippen LogP contribution in [0.15, 0.2) is 24.4 Å². The van der Waals surface area contributed by atoms with Crippen molar-refractivity contribution in [2.75, 3.05) is 12.8 Å². The summed E-state index contributed by atoms with van der Waals surface area (Å²) in [6.45, 7) is 3.46. The van der Waals surface area contributed by atoms with E-state index >= 15 is 0 Å². The number of nitrogens with two attached hydrogens (primary N) is 1. The van der Waals surface area contributed by atoms with Gasteiger partial charge in [0.25, 0.3) is 0 Å². The van der Waals surface area contributed by atoms with Gasteiger partial charge in [0.1, 0.15) is 6.07 Å². The predicted molar refractivity (Wildman–Crippen MR) is 91.8 cm³/mol. The molecular formula is C17H16ClN3O4. The number of carbonyl (C=O) groups excluding carboxylic acids is 2. The van der Waals surface area contributed by atoms with E-state index in [0.717, 1.165) is 0 Å². The lowest BCUT2D eigenvalue weighted by Gasteiger charge is -2.13. The average molecular weight is 362 g/mol. The van der Waals surface area contributed by atoms with Crippen LogP contribution in [0.25, 0.3) is 5.69 Å². The molecule has 0 atom stereocenters. The number of methoxy groups -OCH3 is 1. The van der Waals surface area contributed by atoms with E-state index in [2.05, 4.69) is 0 Å².